The molecule has 0 spiro atoms. The van der Waals surface area contributed by atoms with Gasteiger partial charge in [0.1, 0.15) is 0 Å². The van der Waals surface area contributed by atoms with E-state index < -0.39 is 17.9 Å². The molecule has 2 heterocycles. The van der Waals surface area contributed by atoms with Gasteiger partial charge < -0.3 is 28.6 Å². The molecule has 0 bridgehead atoms. The lowest BCUT2D eigenvalue weighted by atomic mass is 9.79. The van der Waals surface area contributed by atoms with Gasteiger partial charge in [0, 0.05) is 30.7 Å². The molecule has 198 valence electrons. The van der Waals surface area contributed by atoms with Gasteiger partial charge in [-0.1, -0.05) is 12.1 Å². The Labute approximate surface area is 217 Å². The maximum atomic E-state index is 13.1. The number of rotatable bonds is 11. The first-order valence-corrected chi connectivity index (χ1v) is 11.9. The van der Waals surface area contributed by atoms with E-state index in [-0.39, 0.29) is 0 Å². The van der Waals surface area contributed by atoms with Crippen molar-refractivity contribution in [2.75, 3.05) is 41.6 Å². The van der Waals surface area contributed by atoms with Gasteiger partial charge in [-0.15, -0.1) is 0 Å². The summed E-state index contributed by atoms with van der Waals surface area (Å²) < 4.78 is 27.0. The first kappa shape index (κ1) is 27.7. The molecule has 2 aromatic rings. The lowest BCUT2D eigenvalue weighted by Crippen LogP contribution is -2.35. The van der Waals surface area contributed by atoms with Crippen LogP contribution in [-0.4, -0.2) is 63.4 Å². The van der Waals surface area contributed by atoms with Crippen LogP contribution in [-0.2, 0) is 30.4 Å². The summed E-state index contributed by atoms with van der Waals surface area (Å²) in [5.41, 5.74) is 3.63. The summed E-state index contributed by atoms with van der Waals surface area (Å²) in [5, 5.41) is 0. The summed E-state index contributed by atoms with van der Waals surface area (Å²) in [6, 6.07) is 11.0. The highest BCUT2D eigenvalue weighted by molar-refractivity contribution is 5.99. The van der Waals surface area contributed by atoms with E-state index in [9.17, 15) is 9.59 Å². The van der Waals surface area contributed by atoms with Gasteiger partial charge in [0.15, 0.2) is 11.5 Å². The molecule has 1 aromatic heterocycles. The maximum Gasteiger partial charge on any atom is 0.336 e. The van der Waals surface area contributed by atoms with Crippen LogP contribution in [0.3, 0.4) is 0 Å². The monoisotopic (exact) mass is 510 g/mol. The summed E-state index contributed by atoms with van der Waals surface area (Å²) in [6.07, 6.45) is 2.39. The van der Waals surface area contributed by atoms with E-state index in [2.05, 4.69) is 4.98 Å². The van der Waals surface area contributed by atoms with Crippen molar-refractivity contribution < 1.29 is 33.3 Å². The van der Waals surface area contributed by atoms with Crippen LogP contribution in [0.2, 0.25) is 0 Å². The summed E-state index contributed by atoms with van der Waals surface area (Å²) in [5.74, 6) is -0.743. The Hall–Kier alpha value is -3.85. The molecule has 9 nitrogen and oxygen atoms in total. The Morgan fingerprint density at radius 2 is 1.54 bits per heavy atom. The lowest BCUT2D eigenvalue weighted by Gasteiger charge is -2.38. The van der Waals surface area contributed by atoms with Crippen molar-refractivity contribution in [2.24, 2.45) is 0 Å². The van der Waals surface area contributed by atoms with Gasteiger partial charge in [0.05, 0.1) is 57.8 Å². The molecule has 1 aliphatic heterocycles. The van der Waals surface area contributed by atoms with Gasteiger partial charge in [0.2, 0.25) is 0 Å². The molecule has 0 fully saturated rings. The quantitative estimate of drug-likeness (QED) is 0.328. The molecule has 0 unspecified atom stereocenters. The molecule has 0 atom stereocenters. The molecule has 0 radical (unpaired) electrons. The molecule has 1 aliphatic rings. The Morgan fingerprint density at radius 3 is 2.08 bits per heavy atom. The normalized spacial score (nSPS) is 14.1. The molecule has 0 saturated carbocycles. The molecular weight excluding hydrogens is 476 g/mol. The van der Waals surface area contributed by atoms with Gasteiger partial charge in [-0.3, -0.25) is 4.98 Å². The topological polar surface area (TPSA) is 96.4 Å². The third-order valence-corrected chi connectivity index (χ3v) is 6.36. The average Bonchev–Trinajstić information content (AvgIpc) is 2.93. The zero-order chi connectivity index (χ0) is 26.9. The highest BCUT2D eigenvalue weighted by atomic mass is 16.5. The van der Waals surface area contributed by atoms with E-state index in [1.54, 1.807) is 31.5 Å². The molecule has 0 saturated heterocycles. The number of hydrogen-bond donors (Lipinski definition) is 0. The van der Waals surface area contributed by atoms with E-state index in [0.29, 0.717) is 65.8 Å². The van der Waals surface area contributed by atoms with Crippen LogP contribution in [0.4, 0.5) is 0 Å². The van der Waals surface area contributed by atoms with Crippen molar-refractivity contribution >= 4 is 11.9 Å². The summed E-state index contributed by atoms with van der Waals surface area (Å²) in [4.78, 5) is 32.4. The van der Waals surface area contributed by atoms with Crippen molar-refractivity contribution in [3.8, 4) is 11.5 Å². The van der Waals surface area contributed by atoms with Crippen LogP contribution in [0.25, 0.3) is 0 Å². The molecule has 37 heavy (non-hydrogen) atoms. The fraction of sp³-hybridized carbons (Fsp3) is 0.393. The second-order valence-electron chi connectivity index (χ2n) is 8.41. The number of methoxy groups -OCH3 is 4. The molecule has 3 rings (SSSR count). The standard InChI is InChI=1S/C28H34N2O7/c1-18-24(27(31)35-5)26(20-11-12-22(33-3)23(16-20)34-4)25(28(32)36-6)19(2)30(18)14-9-15-37-17-21-10-7-8-13-29-21/h7-8,10-13,16,26H,9,14-15,17H2,1-6H3. The molecule has 0 aliphatic carbocycles. The van der Waals surface area contributed by atoms with Crippen molar-refractivity contribution in [3.63, 3.8) is 0 Å². The van der Waals surface area contributed by atoms with Crippen LogP contribution >= 0.6 is 0 Å². The Balaban J connectivity index is 1.95. The van der Waals surface area contributed by atoms with Crippen LogP contribution in [0.15, 0.2) is 65.1 Å². The van der Waals surface area contributed by atoms with Crippen LogP contribution in [0.1, 0.15) is 37.4 Å². The third kappa shape index (κ3) is 6.11. The van der Waals surface area contributed by atoms with E-state index >= 15 is 0 Å². The summed E-state index contributed by atoms with van der Waals surface area (Å²) in [7, 11) is 5.73. The van der Waals surface area contributed by atoms with E-state index in [0.717, 1.165) is 5.69 Å². The fourth-order valence-electron chi connectivity index (χ4n) is 4.54. The second kappa shape index (κ2) is 12.9. The van der Waals surface area contributed by atoms with E-state index in [1.165, 1.54) is 21.3 Å². The zero-order valence-corrected chi connectivity index (χ0v) is 22.2. The third-order valence-electron chi connectivity index (χ3n) is 6.36. The first-order valence-electron chi connectivity index (χ1n) is 11.9. The molecule has 0 N–H and O–H groups in total. The molecular formula is C28H34N2O7. The molecule has 9 heteroatoms. The predicted octanol–water partition coefficient (Wildman–Crippen LogP) is 4.00. The number of hydrogen-bond acceptors (Lipinski definition) is 9. The van der Waals surface area contributed by atoms with Crippen molar-refractivity contribution in [1.29, 1.82) is 0 Å². The number of esters is 2. The largest absolute Gasteiger partial charge is 0.493 e. The number of nitrogens with zero attached hydrogens (tertiary/aromatic N) is 2. The highest BCUT2D eigenvalue weighted by Gasteiger charge is 2.40. The highest BCUT2D eigenvalue weighted by Crippen LogP contribution is 2.44. The van der Waals surface area contributed by atoms with E-state index in [1.807, 2.05) is 36.9 Å². The number of aromatic nitrogens is 1. The number of carbonyl (C=O) groups is 2. The van der Waals surface area contributed by atoms with Crippen molar-refractivity contribution in [1.82, 2.24) is 9.88 Å². The van der Waals surface area contributed by atoms with Gasteiger partial charge in [0.25, 0.3) is 0 Å². The second-order valence-corrected chi connectivity index (χ2v) is 8.41. The maximum absolute atomic E-state index is 13.1. The van der Waals surface area contributed by atoms with Gasteiger partial charge in [-0.25, -0.2) is 9.59 Å². The number of ether oxygens (including phenoxy) is 5. The SMILES string of the molecule is COC(=O)C1=C(C)N(CCCOCc2ccccn2)C(C)=C(C(=O)OC)C1c1ccc(OC)c(OC)c1. The zero-order valence-electron chi connectivity index (χ0n) is 22.2. The number of allylic oxidation sites excluding steroid dienone is 2. The number of carbonyl (C=O) groups excluding carboxylic acids is 2. The summed E-state index contributed by atoms with van der Waals surface area (Å²) in [6.45, 7) is 5.12. The first-order chi connectivity index (χ1) is 17.9. The number of benzene rings is 1. The predicted molar refractivity (Wildman–Crippen MR) is 137 cm³/mol. The van der Waals surface area contributed by atoms with E-state index in [4.69, 9.17) is 23.7 Å². The Kier molecular flexibility index (Phi) is 9.68. The fourth-order valence-corrected chi connectivity index (χ4v) is 4.54. The number of pyridine rings is 1. The smallest absolute Gasteiger partial charge is 0.336 e. The average molecular weight is 511 g/mol. The molecule has 0 amide bonds. The Bertz CT molecular complexity index is 1130. The van der Waals surface area contributed by atoms with Crippen LogP contribution < -0.4 is 9.47 Å². The minimum atomic E-state index is -0.712. The van der Waals surface area contributed by atoms with Crippen molar-refractivity contribution in [3.05, 3.63) is 76.4 Å². The van der Waals surface area contributed by atoms with Gasteiger partial charge in [-0.05, 0) is 50.1 Å². The minimum absolute atomic E-state index is 0.357. The molecule has 1 aromatic carbocycles. The van der Waals surface area contributed by atoms with Crippen LogP contribution in [0, 0.1) is 0 Å². The lowest BCUT2D eigenvalue weighted by molar-refractivity contribution is -0.137. The summed E-state index contributed by atoms with van der Waals surface area (Å²) >= 11 is 0. The Morgan fingerprint density at radius 1 is 0.892 bits per heavy atom. The van der Waals surface area contributed by atoms with Gasteiger partial charge >= 0.3 is 11.9 Å². The van der Waals surface area contributed by atoms with Gasteiger partial charge in [-0.2, -0.15) is 0 Å². The minimum Gasteiger partial charge on any atom is -0.493 e. The van der Waals surface area contributed by atoms with Crippen molar-refractivity contribution in [2.45, 2.75) is 32.8 Å². The van der Waals surface area contributed by atoms with Crippen LogP contribution in [0.5, 0.6) is 11.5 Å².